The lowest BCUT2D eigenvalue weighted by Gasteiger charge is -2.12. The van der Waals surface area contributed by atoms with Crippen molar-refractivity contribution in [2.75, 3.05) is 24.1 Å². The molecule has 2 rings (SSSR count). The van der Waals surface area contributed by atoms with Crippen molar-refractivity contribution >= 4 is 11.8 Å². The zero-order valence-electron chi connectivity index (χ0n) is 12.1. The third kappa shape index (κ3) is 3.70. The number of anilines is 2. The minimum absolute atomic E-state index is 0.0970. The molecule has 0 fully saturated rings. The van der Waals surface area contributed by atoms with Crippen LogP contribution >= 0.6 is 0 Å². The number of hydrogen-bond donors (Lipinski definition) is 3. The maximum Gasteiger partial charge on any atom is 0.222 e. The SMILES string of the molecule is CC(C)NCCNc1nc(N)nc(-c2ccco2)c1C#N. The van der Waals surface area contributed by atoms with Crippen molar-refractivity contribution < 1.29 is 4.42 Å². The number of nitrogens with zero attached hydrogens (tertiary/aromatic N) is 3. The van der Waals surface area contributed by atoms with Crippen molar-refractivity contribution in [3.63, 3.8) is 0 Å². The van der Waals surface area contributed by atoms with Crippen LogP contribution in [0.25, 0.3) is 11.5 Å². The van der Waals surface area contributed by atoms with Gasteiger partial charge in [-0.3, -0.25) is 0 Å². The minimum Gasteiger partial charge on any atom is -0.463 e. The van der Waals surface area contributed by atoms with E-state index in [-0.39, 0.29) is 5.95 Å². The predicted molar refractivity (Wildman–Crippen MR) is 80.5 cm³/mol. The first-order valence-corrected chi connectivity index (χ1v) is 6.70. The van der Waals surface area contributed by atoms with Crippen LogP contribution < -0.4 is 16.4 Å². The van der Waals surface area contributed by atoms with E-state index in [1.54, 1.807) is 12.1 Å². The third-order valence-corrected chi connectivity index (χ3v) is 2.76. The molecule has 0 amide bonds. The van der Waals surface area contributed by atoms with Gasteiger partial charge in [-0.05, 0) is 12.1 Å². The van der Waals surface area contributed by atoms with Crippen LogP contribution in [0.1, 0.15) is 19.4 Å². The number of furan rings is 1. The average Bonchev–Trinajstić information content (AvgIpc) is 2.96. The van der Waals surface area contributed by atoms with Crippen LogP contribution in [0.2, 0.25) is 0 Å². The minimum atomic E-state index is 0.0970. The van der Waals surface area contributed by atoms with Gasteiger partial charge < -0.3 is 20.8 Å². The van der Waals surface area contributed by atoms with Gasteiger partial charge in [0.25, 0.3) is 0 Å². The Kier molecular flexibility index (Phi) is 4.74. The Morgan fingerprint density at radius 2 is 2.19 bits per heavy atom. The maximum absolute atomic E-state index is 9.37. The molecular formula is C14H18N6O. The molecule has 2 aromatic heterocycles. The molecule has 7 heteroatoms. The summed E-state index contributed by atoms with van der Waals surface area (Å²) in [7, 11) is 0. The number of nitrogens with two attached hydrogens (primary N) is 1. The highest BCUT2D eigenvalue weighted by atomic mass is 16.3. The highest BCUT2D eigenvalue weighted by molar-refractivity contribution is 5.71. The van der Waals surface area contributed by atoms with E-state index in [0.29, 0.717) is 35.4 Å². The molecule has 0 aliphatic rings. The summed E-state index contributed by atoms with van der Waals surface area (Å²) in [5.41, 5.74) is 6.43. The molecule has 0 aromatic carbocycles. The normalized spacial score (nSPS) is 10.6. The molecular weight excluding hydrogens is 268 g/mol. The molecule has 0 aliphatic heterocycles. The molecule has 0 bridgehead atoms. The summed E-state index contributed by atoms with van der Waals surface area (Å²) in [5, 5.41) is 15.7. The van der Waals surface area contributed by atoms with Gasteiger partial charge in [-0.15, -0.1) is 0 Å². The number of nitrogen functional groups attached to an aromatic ring is 1. The van der Waals surface area contributed by atoms with Crippen LogP contribution in [0, 0.1) is 11.3 Å². The number of hydrogen-bond acceptors (Lipinski definition) is 7. The fraction of sp³-hybridized carbons (Fsp3) is 0.357. The summed E-state index contributed by atoms with van der Waals surface area (Å²) < 4.78 is 5.29. The fourth-order valence-electron chi connectivity index (χ4n) is 1.85. The molecule has 0 saturated carbocycles. The first kappa shape index (κ1) is 14.8. The molecule has 2 heterocycles. The Bertz CT molecular complexity index is 630. The highest BCUT2D eigenvalue weighted by Crippen LogP contribution is 2.26. The van der Waals surface area contributed by atoms with Crippen molar-refractivity contribution in [1.29, 1.82) is 5.26 Å². The predicted octanol–water partition coefficient (Wildman–Crippen LogP) is 1.60. The first-order chi connectivity index (χ1) is 10.1. The Labute approximate surface area is 123 Å². The summed E-state index contributed by atoms with van der Waals surface area (Å²) in [4.78, 5) is 8.19. The summed E-state index contributed by atoms with van der Waals surface area (Å²) in [6.07, 6.45) is 1.52. The first-order valence-electron chi connectivity index (χ1n) is 6.70. The van der Waals surface area contributed by atoms with Crippen LogP contribution in [0.15, 0.2) is 22.8 Å². The molecule has 0 saturated heterocycles. The van der Waals surface area contributed by atoms with Crippen molar-refractivity contribution in [2.24, 2.45) is 0 Å². The molecule has 0 unspecified atom stereocenters. The van der Waals surface area contributed by atoms with Gasteiger partial charge in [0.2, 0.25) is 5.95 Å². The van der Waals surface area contributed by atoms with E-state index < -0.39 is 0 Å². The van der Waals surface area contributed by atoms with Crippen molar-refractivity contribution in [2.45, 2.75) is 19.9 Å². The zero-order chi connectivity index (χ0) is 15.2. The van der Waals surface area contributed by atoms with Crippen LogP contribution in [-0.4, -0.2) is 29.1 Å². The second-order valence-corrected chi connectivity index (χ2v) is 4.78. The molecule has 7 nitrogen and oxygen atoms in total. The quantitative estimate of drug-likeness (QED) is 0.691. The number of aromatic nitrogens is 2. The monoisotopic (exact) mass is 286 g/mol. The van der Waals surface area contributed by atoms with E-state index in [2.05, 4.69) is 40.5 Å². The van der Waals surface area contributed by atoms with E-state index in [4.69, 9.17) is 10.2 Å². The van der Waals surface area contributed by atoms with Gasteiger partial charge in [-0.2, -0.15) is 10.2 Å². The van der Waals surface area contributed by atoms with Crippen LogP contribution in [-0.2, 0) is 0 Å². The van der Waals surface area contributed by atoms with E-state index >= 15 is 0 Å². The van der Waals surface area contributed by atoms with Gasteiger partial charge >= 0.3 is 0 Å². The summed E-state index contributed by atoms with van der Waals surface area (Å²) in [6.45, 7) is 5.51. The molecule has 0 spiro atoms. The largest absolute Gasteiger partial charge is 0.463 e. The lowest BCUT2D eigenvalue weighted by Crippen LogP contribution is -2.28. The van der Waals surface area contributed by atoms with E-state index in [0.717, 1.165) is 6.54 Å². The number of nitriles is 1. The van der Waals surface area contributed by atoms with E-state index in [1.807, 2.05) is 0 Å². The lowest BCUT2D eigenvalue weighted by molar-refractivity contribution is 0.579. The van der Waals surface area contributed by atoms with Gasteiger partial charge in [0, 0.05) is 19.1 Å². The standard InChI is InChI=1S/C14H18N6O/c1-9(2)17-5-6-18-13-10(8-15)12(19-14(16)20-13)11-4-3-7-21-11/h3-4,7,9,17H,5-6H2,1-2H3,(H3,16,18,19,20). The smallest absolute Gasteiger partial charge is 0.222 e. The maximum atomic E-state index is 9.37. The van der Waals surface area contributed by atoms with Crippen molar-refractivity contribution in [3.05, 3.63) is 24.0 Å². The Morgan fingerprint density at radius 3 is 2.81 bits per heavy atom. The number of rotatable bonds is 6. The van der Waals surface area contributed by atoms with E-state index in [9.17, 15) is 5.26 Å². The van der Waals surface area contributed by atoms with Crippen molar-refractivity contribution in [1.82, 2.24) is 15.3 Å². The highest BCUT2D eigenvalue weighted by Gasteiger charge is 2.16. The second-order valence-electron chi connectivity index (χ2n) is 4.78. The number of nitrogens with one attached hydrogen (secondary N) is 2. The Morgan fingerprint density at radius 1 is 1.38 bits per heavy atom. The lowest BCUT2D eigenvalue weighted by atomic mass is 10.2. The zero-order valence-corrected chi connectivity index (χ0v) is 12.1. The van der Waals surface area contributed by atoms with Crippen LogP contribution in [0.4, 0.5) is 11.8 Å². The van der Waals surface area contributed by atoms with Crippen LogP contribution in [0.5, 0.6) is 0 Å². The Balaban J connectivity index is 2.23. The summed E-state index contributed by atoms with van der Waals surface area (Å²) in [5.74, 6) is 1.01. The molecule has 2 aromatic rings. The summed E-state index contributed by atoms with van der Waals surface area (Å²) >= 11 is 0. The van der Waals surface area contributed by atoms with Crippen molar-refractivity contribution in [3.8, 4) is 17.5 Å². The van der Waals surface area contributed by atoms with Gasteiger partial charge in [0.05, 0.1) is 6.26 Å². The fourth-order valence-corrected chi connectivity index (χ4v) is 1.85. The molecule has 4 N–H and O–H groups in total. The molecule has 0 aliphatic carbocycles. The molecule has 21 heavy (non-hydrogen) atoms. The van der Waals surface area contributed by atoms with Gasteiger partial charge in [0.15, 0.2) is 5.76 Å². The summed E-state index contributed by atoms with van der Waals surface area (Å²) in [6, 6.07) is 5.96. The third-order valence-electron chi connectivity index (χ3n) is 2.76. The van der Waals surface area contributed by atoms with Gasteiger partial charge in [0.1, 0.15) is 23.1 Å². The average molecular weight is 286 g/mol. The molecule has 0 radical (unpaired) electrons. The van der Waals surface area contributed by atoms with Gasteiger partial charge in [-0.25, -0.2) is 4.98 Å². The van der Waals surface area contributed by atoms with Gasteiger partial charge in [-0.1, -0.05) is 13.8 Å². The topological polar surface area (TPSA) is 113 Å². The molecule has 110 valence electrons. The van der Waals surface area contributed by atoms with E-state index in [1.165, 1.54) is 6.26 Å². The molecule has 0 atom stereocenters. The Hall–Kier alpha value is -2.59. The second kappa shape index (κ2) is 6.72. The van der Waals surface area contributed by atoms with Crippen LogP contribution in [0.3, 0.4) is 0 Å².